The molecule has 10 rings (SSSR count). The van der Waals surface area contributed by atoms with E-state index in [0.717, 1.165) is 25.0 Å². The summed E-state index contributed by atoms with van der Waals surface area (Å²) in [6, 6.07) is 9.01. The minimum absolute atomic E-state index is 0.0137. The highest BCUT2D eigenvalue weighted by Crippen LogP contribution is 2.88. The maximum Gasteiger partial charge on any atom is 0.338 e. The summed E-state index contributed by atoms with van der Waals surface area (Å²) >= 11 is 0. The van der Waals surface area contributed by atoms with Crippen LogP contribution in [0.2, 0.25) is 0 Å². The third-order valence-corrected chi connectivity index (χ3v) is 12.3. The highest BCUT2D eigenvalue weighted by molar-refractivity contribution is 5.89. The maximum absolute atomic E-state index is 13.4. The SMILES string of the molecule is C=C1[C@H]2C[C@@H]3C4N5C[C@]6(C)C[C@H](OC(=O)c7ccccc7)[C@@H](OC(C)=O)[C@@]47[C@@H]6[C@H]5C[C@]3([C@@H]1OC(C)=O)[C@@]7(O)C2. The first-order valence-electron chi connectivity index (χ1n) is 14.3. The number of aliphatic hydroxyl groups is 1. The molecule has 0 aromatic heterocycles. The molecule has 9 fully saturated rings. The van der Waals surface area contributed by atoms with Crippen LogP contribution >= 0.6 is 0 Å². The van der Waals surface area contributed by atoms with Crippen LogP contribution in [-0.2, 0) is 23.8 Å². The molecule has 2 unspecified atom stereocenters. The molecule has 39 heavy (non-hydrogen) atoms. The Hall–Kier alpha value is -2.71. The molecule has 9 bridgehead atoms. The summed E-state index contributed by atoms with van der Waals surface area (Å²) in [5.74, 6) is -1.11. The molecule has 0 amide bonds. The molecule has 206 valence electrons. The number of carbonyl (C=O) groups excluding carboxylic acids is 3. The number of nitrogens with zero attached hydrogens (tertiary/aromatic N) is 1. The summed E-state index contributed by atoms with van der Waals surface area (Å²) in [7, 11) is 0. The van der Waals surface area contributed by atoms with E-state index in [1.54, 1.807) is 24.3 Å². The fourth-order valence-corrected chi connectivity index (χ4v) is 11.9. The van der Waals surface area contributed by atoms with Gasteiger partial charge in [0.05, 0.1) is 16.6 Å². The van der Waals surface area contributed by atoms with Crippen LogP contribution in [0.1, 0.15) is 56.8 Å². The van der Waals surface area contributed by atoms with Crippen LogP contribution in [0.4, 0.5) is 0 Å². The van der Waals surface area contributed by atoms with Gasteiger partial charge in [-0.25, -0.2) is 4.79 Å². The zero-order valence-electron chi connectivity index (χ0n) is 22.6. The lowest BCUT2D eigenvalue weighted by molar-refractivity contribution is -0.305. The lowest BCUT2D eigenvalue weighted by Gasteiger charge is -2.69. The molecule has 2 spiro atoms. The topological polar surface area (TPSA) is 102 Å². The molecule has 8 heteroatoms. The van der Waals surface area contributed by atoms with Crippen molar-refractivity contribution in [3.05, 3.63) is 48.0 Å². The van der Waals surface area contributed by atoms with E-state index < -0.39 is 46.7 Å². The molecule has 1 aromatic carbocycles. The highest BCUT2D eigenvalue weighted by atomic mass is 16.6. The summed E-state index contributed by atoms with van der Waals surface area (Å²) in [5, 5.41) is 13.3. The van der Waals surface area contributed by atoms with Crippen LogP contribution in [0.15, 0.2) is 42.5 Å². The largest absolute Gasteiger partial charge is 0.458 e. The normalized spacial score (nSPS) is 52.6. The number of hydrogen-bond acceptors (Lipinski definition) is 8. The molecular weight excluding hydrogens is 498 g/mol. The van der Waals surface area contributed by atoms with Gasteiger partial charge >= 0.3 is 17.9 Å². The van der Waals surface area contributed by atoms with E-state index >= 15 is 0 Å². The lowest BCUT2D eigenvalue weighted by atomic mass is 9.37. The zero-order valence-corrected chi connectivity index (χ0v) is 22.6. The molecule has 13 atom stereocenters. The second kappa shape index (κ2) is 7.13. The Morgan fingerprint density at radius 3 is 2.44 bits per heavy atom. The Bertz CT molecular complexity index is 1350. The number of carbonyl (C=O) groups is 3. The smallest absolute Gasteiger partial charge is 0.338 e. The minimum atomic E-state index is -1.25. The number of piperidine rings is 2. The number of fused-ring (bicyclic) bond motifs is 1. The standard InChI is InChI=1S/C31H35NO7/c1-15-19-10-20-24-31-23-21(12-29(20,30(31,36)11-19)25(15)37-16(2)33)32(24)14-28(23,4)13-22(26(31)38-17(3)34)39-27(35)18-8-6-5-7-9-18/h5-9,19-26,36H,1,10-14H2,2-4H3/t19-,20+,21+,22-,23+,24?,25+,26+,28-,29-,30-,31+/m0/s1. The van der Waals surface area contributed by atoms with Gasteiger partial charge in [-0.2, -0.15) is 0 Å². The quantitative estimate of drug-likeness (QED) is 0.358. The molecule has 6 aliphatic carbocycles. The number of esters is 3. The van der Waals surface area contributed by atoms with E-state index in [9.17, 15) is 19.5 Å². The average molecular weight is 534 g/mol. The van der Waals surface area contributed by atoms with Crippen molar-refractivity contribution < 1.29 is 33.7 Å². The lowest BCUT2D eigenvalue weighted by Crippen LogP contribution is -2.78. The number of ether oxygens (including phenoxy) is 3. The van der Waals surface area contributed by atoms with Crippen LogP contribution < -0.4 is 0 Å². The predicted molar refractivity (Wildman–Crippen MR) is 137 cm³/mol. The predicted octanol–water partition coefficient (Wildman–Crippen LogP) is 2.89. The van der Waals surface area contributed by atoms with Crippen LogP contribution in [0, 0.1) is 34.0 Å². The molecule has 9 aliphatic rings. The third-order valence-electron chi connectivity index (χ3n) is 12.3. The molecule has 1 N–H and O–H groups in total. The first-order chi connectivity index (χ1) is 18.5. The molecule has 6 saturated carbocycles. The molecule has 3 heterocycles. The molecule has 1 aromatic rings. The molecule has 3 aliphatic heterocycles. The summed E-state index contributed by atoms with van der Waals surface area (Å²) in [6.07, 6.45) is 0.611. The van der Waals surface area contributed by atoms with Gasteiger partial charge in [0.25, 0.3) is 0 Å². The Morgan fingerprint density at radius 1 is 1.03 bits per heavy atom. The Balaban J connectivity index is 1.31. The zero-order chi connectivity index (χ0) is 27.3. The van der Waals surface area contributed by atoms with Crippen molar-refractivity contribution in [3.63, 3.8) is 0 Å². The first-order valence-corrected chi connectivity index (χ1v) is 14.3. The number of benzene rings is 1. The summed E-state index contributed by atoms with van der Waals surface area (Å²) in [6.45, 7) is 10.3. The third kappa shape index (κ3) is 2.41. The monoisotopic (exact) mass is 533 g/mol. The van der Waals surface area contributed by atoms with Crippen molar-refractivity contribution in [2.24, 2.45) is 34.0 Å². The van der Waals surface area contributed by atoms with E-state index in [4.69, 9.17) is 14.2 Å². The molecule has 8 nitrogen and oxygen atoms in total. The van der Waals surface area contributed by atoms with Gasteiger partial charge in [-0.3, -0.25) is 14.5 Å². The number of rotatable bonds is 4. The van der Waals surface area contributed by atoms with Crippen molar-refractivity contribution in [2.45, 2.75) is 82.5 Å². The second-order valence-corrected chi connectivity index (χ2v) is 13.7. The Kier molecular flexibility index (Phi) is 4.41. The van der Waals surface area contributed by atoms with Crippen molar-refractivity contribution >= 4 is 17.9 Å². The Labute approximate surface area is 227 Å². The molecule has 0 radical (unpaired) electrons. The van der Waals surface area contributed by atoms with Crippen molar-refractivity contribution in [1.29, 1.82) is 0 Å². The van der Waals surface area contributed by atoms with E-state index in [1.165, 1.54) is 13.8 Å². The van der Waals surface area contributed by atoms with Crippen LogP contribution in [-0.4, -0.2) is 70.5 Å². The first kappa shape index (κ1) is 24.1. The van der Waals surface area contributed by atoms with Gasteiger partial charge in [0, 0.05) is 37.9 Å². The average Bonchev–Trinajstić information content (AvgIpc) is 3.28. The van der Waals surface area contributed by atoms with Crippen LogP contribution in [0.3, 0.4) is 0 Å². The second-order valence-electron chi connectivity index (χ2n) is 13.7. The summed E-state index contributed by atoms with van der Waals surface area (Å²) in [4.78, 5) is 41.0. The van der Waals surface area contributed by atoms with Gasteiger partial charge < -0.3 is 19.3 Å². The van der Waals surface area contributed by atoms with Gasteiger partial charge in [-0.15, -0.1) is 0 Å². The van der Waals surface area contributed by atoms with E-state index in [1.807, 2.05) is 6.07 Å². The Morgan fingerprint density at radius 2 is 1.74 bits per heavy atom. The van der Waals surface area contributed by atoms with Gasteiger partial charge in [0.15, 0.2) is 0 Å². The van der Waals surface area contributed by atoms with E-state index in [0.29, 0.717) is 18.4 Å². The van der Waals surface area contributed by atoms with Crippen LogP contribution in [0.5, 0.6) is 0 Å². The number of hydrogen-bond donors (Lipinski definition) is 1. The van der Waals surface area contributed by atoms with E-state index in [2.05, 4.69) is 18.4 Å². The fourth-order valence-electron chi connectivity index (χ4n) is 11.9. The molecule has 3 saturated heterocycles. The van der Waals surface area contributed by atoms with Gasteiger partial charge in [-0.1, -0.05) is 31.7 Å². The summed E-state index contributed by atoms with van der Waals surface area (Å²) in [5.41, 5.74) is -1.65. The highest BCUT2D eigenvalue weighted by Gasteiger charge is 2.97. The minimum Gasteiger partial charge on any atom is -0.458 e. The molecular formula is C31H35NO7. The van der Waals surface area contributed by atoms with Gasteiger partial charge in [-0.05, 0) is 66.6 Å². The van der Waals surface area contributed by atoms with Gasteiger partial charge in [0.1, 0.15) is 18.3 Å². The summed E-state index contributed by atoms with van der Waals surface area (Å²) < 4.78 is 18.5. The maximum atomic E-state index is 13.4. The van der Waals surface area contributed by atoms with Crippen molar-refractivity contribution in [2.75, 3.05) is 6.54 Å². The van der Waals surface area contributed by atoms with Crippen LogP contribution in [0.25, 0.3) is 0 Å². The van der Waals surface area contributed by atoms with Crippen molar-refractivity contribution in [1.82, 2.24) is 4.90 Å². The van der Waals surface area contributed by atoms with E-state index in [-0.39, 0.29) is 41.2 Å². The van der Waals surface area contributed by atoms with Crippen molar-refractivity contribution in [3.8, 4) is 0 Å². The van der Waals surface area contributed by atoms with Gasteiger partial charge in [0.2, 0.25) is 0 Å². The fraction of sp³-hybridized carbons (Fsp3) is 0.645.